The van der Waals surface area contributed by atoms with Crippen LogP contribution in [0.1, 0.15) is 36.7 Å². The van der Waals surface area contributed by atoms with Gasteiger partial charge >= 0.3 is 0 Å². The molecule has 30 heavy (non-hydrogen) atoms. The lowest BCUT2D eigenvalue weighted by Crippen LogP contribution is -2.28. The molecular weight excluding hydrogens is 382 g/mol. The number of hydrogen-bond acceptors (Lipinski definition) is 6. The summed E-state index contributed by atoms with van der Waals surface area (Å²) in [7, 11) is 0. The van der Waals surface area contributed by atoms with Crippen LogP contribution < -0.4 is 21.1 Å². The summed E-state index contributed by atoms with van der Waals surface area (Å²) in [5, 5.41) is 6.30. The molecule has 0 aliphatic carbocycles. The van der Waals surface area contributed by atoms with Gasteiger partial charge in [-0.15, -0.1) is 0 Å². The zero-order chi connectivity index (χ0) is 21.7. The van der Waals surface area contributed by atoms with Gasteiger partial charge in [0.15, 0.2) is 0 Å². The lowest BCUT2D eigenvalue weighted by atomic mass is 9.94. The van der Waals surface area contributed by atoms with Gasteiger partial charge in [0.25, 0.3) is 5.91 Å². The summed E-state index contributed by atoms with van der Waals surface area (Å²) in [5.74, 6) is 0.275. The molecule has 156 valence electrons. The van der Waals surface area contributed by atoms with E-state index in [2.05, 4.69) is 20.6 Å². The molecule has 8 nitrogen and oxygen atoms in total. The van der Waals surface area contributed by atoms with Crippen molar-refractivity contribution in [2.45, 2.75) is 26.3 Å². The number of pyridine rings is 2. The monoisotopic (exact) mass is 407 g/mol. The molecule has 0 saturated carbocycles. The average molecular weight is 407 g/mol. The van der Waals surface area contributed by atoms with Gasteiger partial charge in [0.05, 0.1) is 12.1 Å². The largest absolute Gasteiger partial charge is 0.476 e. The van der Waals surface area contributed by atoms with Gasteiger partial charge in [0.1, 0.15) is 12.4 Å². The number of nitrogens with zero attached hydrogens (tertiary/aromatic N) is 2. The number of benzene rings is 1. The Balaban J connectivity index is 1.54. The van der Waals surface area contributed by atoms with E-state index in [1.165, 1.54) is 19.2 Å². The molecule has 3 rings (SSSR count). The second kappa shape index (κ2) is 8.87. The number of amides is 2. The number of aromatic nitrogens is 2. The summed E-state index contributed by atoms with van der Waals surface area (Å²) in [6, 6.07) is 12.7. The van der Waals surface area contributed by atoms with Crippen LogP contribution in [0.5, 0.6) is 5.88 Å². The number of carbonyl (C=O) groups is 2. The fraction of sp³-hybridized carbons (Fsp3) is 0.273. The zero-order valence-electron chi connectivity index (χ0n) is 17.2. The number of fused-ring (bicyclic) bond motifs is 1. The van der Waals surface area contributed by atoms with E-state index in [1.807, 2.05) is 38.1 Å². The lowest BCUT2D eigenvalue weighted by molar-refractivity contribution is -0.114. The highest BCUT2D eigenvalue weighted by molar-refractivity contribution is 5.96. The molecule has 3 aromatic rings. The maximum Gasteiger partial charge on any atom is 0.251 e. The first kappa shape index (κ1) is 21.2. The predicted octanol–water partition coefficient (Wildman–Crippen LogP) is 2.59. The Morgan fingerprint density at radius 2 is 1.93 bits per heavy atom. The molecule has 0 aliphatic rings. The first-order chi connectivity index (χ1) is 14.2. The molecule has 0 spiro atoms. The predicted molar refractivity (Wildman–Crippen MR) is 115 cm³/mol. The Morgan fingerprint density at radius 1 is 1.13 bits per heavy atom. The number of nitrogens with one attached hydrogen (secondary N) is 2. The van der Waals surface area contributed by atoms with Gasteiger partial charge < -0.3 is 21.1 Å². The molecule has 0 radical (unpaired) electrons. The molecule has 0 atom stereocenters. The minimum Gasteiger partial charge on any atom is -0.476 e. The number of hydrogen-bond donors (Lipinski definition) is 3. The molecule has 1 aromatic carbocycles. The molecule has 0 unspecified atom stereocenters. The number of ether oxygens (including phenoxy) is 1. The summed E-state index contributed by atoms with van der Waals surface area (Å²) >= 11 is 0. The second-order valence-corrected chi connectivity index (χ2v) is 7.49. The third kappa shape index (κ3) is 5.51. The van der Waals surface area contributed by atoms with Crippen molar-refractivity contribution in [1.29, 1.82) is 0 Å². The Labute approximate surface area is 174 Å². The van der Waals surface area contributed by atoms with Gasteiger partial charge in [-0.3, -0.25) is 9.59 Å². The summed E-state index contributed by atoms with van der Waals surface area (Å²) in [6.07, 6.45) is 1.47. The van der Waals surface area contributed by atoms with Gasteiger partial charge in [-0.25, -0.2) is 9.97 Å². The van der Waals surface area contributed by atoms with Crippen LogP contribution in [0.4, 0.5) is 5.82 Å². The molecular formula is C22H25N5O3. The van der Waals surface area contributed by atoms with E-state index in [0.717, 1.165) is 16.5 Å². The van der Waals surface area contributed by atoms with Crippen LogP contribution in [-0.4, -0.2) is 34.9 Å². The molecule has 0 bridgehead atoms. The standard InChI is InChI=1S/C22H25N5O3/c1-14(28)26-19-13-16(8-9-24-19)21(29)25-10-11-30-20-7-4-15-12-17(22(2,3)23)5-6-18(15)27-20/h4-9,12-13H,10-11,23H2,1-3H3,(H,25,29)(H,24,26,28). The van der Waals surface area contributed by atoms with E-state index in [1.54, 1.807) is 12.1 Å². The van der Waals surface area contributed by atoms with Crippen LogP contribution in [0.2, 0.25) is 0 Å². The quantitative estimate of drug-likeness (QED) is 0.518. The number of carbonyl (C=O) groups excluding carboxylic acids is 2. The van der Waals surface area contributed by atoms with Crippen molar-refractivity contribution in [2.75, 3.05) is 18.5 Å². The molecule has 4 N–H and O–H groups in total. The van der Waals surface area contributed by atoms with Crippen molar-refractivity contribution in [3.05, 3.63) is 59.8 Å². The first-order valence-electron chi connectivity index (χ1n) is 9.57. The summed E-state index contributed by atoms with van der Waals surface area (Å²) in [4.78, 5) is 31.8. The second-order valence-electron chi connectivity index (χ2n) is 7.49. The van der Waals surface area contributed by atoms with Gasteiger partial charge in [0.2, 0.25) is 11.8 Å². The molecule has 0 saturated heterocycles. The first-order valence-corrected chi connectivity index (χ1v) is 9.57. The van der Waals surface area contributed by atoms with E-state index < -0.39 is 5.54 Å². The Morgan fingerprint density at radius 3 is 2.67 bits per heavy atom. The highest BCUT2D eigenvalue weighted by Gasteiger charge is 2.14. The minimum atomic E-state index is -0.417. The smallest absolute Gasteiger partial charge is 0.251 e. The van der Waals surface area contributed by atoms with Crippen LogP contribution >= 0.6 is 0 Å². The van der Waals surface area contributed by atoms with Crippen molar-refractivity contribution >= 4 is 28.5 Å². The highest BCUT2D eigenvalue weighted by atomic mass is 16.5. The van der Waals surface area contributed by atoms with Crippen LogP contribution in [-0.2, 0) is 10.3 Å². The Hall–Kier alpha value is -3.52. The van der Waals surface area contributed by atoms with Crippen molar-refractivity contribution in [1.82, 2.24) is 15.3 Å². The third-order valence-corrected chi connectivity index (χ3v) is 4.37. The summed E-state index contributed by atoms with van der Waals surface area (Å²) < 4.78 is 5.65. The van der Waals surface area contributed by atoms with Crippen LogP contribution in [0.25, 0.3) is 10.9 Å². The van der Waals surface area contributed by atoms with E-state index in [-0.39, 0.29) is 18.4 Å². The topological polar surface area (TPSA) is 119 Å². The summed E-state index contributed by atoms with van der Waals surface area (Å²) in [6.45, 7) is 5.86. The lowest BCUT2D eigenvalue weighted by Gasteiger charge is -2.19. The Kier molecular flexibility index (Phi) is 6.27. The van der Waals surface area contributed by atoms with Gasteiger partial charge in [-0.1, -0.05) is 6.07 Å². The molecule has 2 amide bonds. The SMILES string of the molecule is CC(=O)Nc1cc(C(=O)NCCOc2ccc3cc(C(C)(C)N)ccc3n2)ccn1. The van der Waals surface area contributed by atoms with Gasteiger partial charge in [-0.2, -0.15) is 0 Å². The normalized spacial score (nSPS) is 11.2. The van der Waals surface area contributed by atoms with E-state index in [9.17, 15) is 9.59 Å². The van der Waals surface area contributed by atoms with E-state index in [0.29, 0.717) is 23.8 Å². The van der Waals surface area contributed by atoms with E-state index in [4.69, 9.17) is 10.5 Å². The third-order valence-electron chi connectivity index (χ3n) is 4.37. The maximum atomic E-state index is 12.2. The van der Waals surface area contributed by atoms with Crippen molar-refractivity contribution in [3.63, 3.8) is 0 Å². The van der Waals surface area contributed by atoms with Crippen molar-refractivity contribution in [3.8, 4) is 5.88 Å². The molecule has 0 fully saturated rings. The van der Waals surface area contributed by atoms with Crippen molar-refractivity contribution in [2.24, 2.45) is 5.73 Å². The van der Waals surface area contributed by atoms with Crippen LogP contribution in [0.3, 0.4) is 0 Å². The minimum absolute atomic E-state index is 0.251. The summed E-state index contributed by atoms with van der Waals surface area (Å²) in [5.41, 5.74) is 7.98. The number of rotatable bonds is 7. The molecule has 0 aliphatic heterocycles. The van der Waals surface area contributed by atoms with Crippen LogP contribution in [0, 0.1) is 0 Å². The number of nitrogens with two attached hydrogens (primary N) is 1. The fourth-order valence-electron chi connectivity index (χ4n) is 2.83. The Bertz CT molecular complexity index is 1080. The zero-order valence-corrected chi connectivity index (χ0v) is 17.2. The van der Waals surface area contributed by atoms with Crippen LogP contribution in [0.15, 0.2) is 48.7 Å². The van der Waals surface area contributed by atoms with Gasteiger partial charge in [-0.05, 0) is 49.7 Å². The fourth-order valence-corrected chi connectivity index (χ4v) is 2.83. The van der Waals surface area contributed by atoms with Gasteiger partial charge in [0, 0.05) is 35.7 Å². The average Bonchev–Trinajstić information content (AvgIpc) is 2.69. The van der Waals surface area contributed by atoms with Crippen molar-refractivity contribution < 1.29 is 14.3 Å². The molecule has 8 heteroatoms. The molecule has 2 aromatic heterocycles. The van der Waals surface area contributed by atoms with E-state index >= 15 is 0 Å². The highest BCUT2D eigenvalue weighted by Crippen LogP contribution is 2.23. The molecule has 2 heterocycles. The maximum absolute atomic E-state index is 12.2. The number of anilines is 1.